The van der Waals surface area contributed by atoms with Crippen molar-refractivity contribution in [1.29, 1.82) is 0 Å². The van der Waals surface area contributed by atoms with Crippen LogP contribution in [0.1, 0.15) is 17.5 Å². The molecule has 11 aromatic rings. The molecule has 0 saturated carbocycles. The second-order valence-electron chi connectivity index (χ2n) is 16.0. The zero-order valence-electron chi connectivity index (χ0n) is 32.6. The standard InChI is InChI=1S/C58H39N/c1-4-14-41-31-46(23-21-38(41)11-1)56-36-48-37-57(53-18-8-10-20-55(53)58(48)54-19-9-7-17-52(54)56)47-24-22-45-35-51(30-27-44(45)32-47)59(49-28-25-39-12-2-5-15-42(39)33-49)50-29-26-40-13-3-6-16-43(40)34-50/h1-5,7-15,17-37H,6,16H2. The summed E-state index contributed by atoms with van der Waals surface area (Å²) in [5.74, 6) is 0. The molecule has 0 fully saturated rings. The van der Waals surface area contributed by atoms with Gasteiger partial charge in [0, 0.05) is 17.1 Å². The molecule has 1 heteroatoms. The number of hydrogen-bond donors (Lipinski definition) is 0. The smallest absolute Gasteiger partial charge is 0.0468 e. The third kappa shape index (κ3) is 5.69. The number of nitrogens with zero attached hydrogens (tertiary/aromatic N) is 1. The van der Waals surface area contributed by atoms with Crippen LogP contribution < -0.4 is 4.90 Å². The Balaban J connectivity index is 1.01. The summed E-state index contributed by atoms with van der Waals surface area (Å²) < 4.78 is 0. The van der Waals surface area contributed by atoms with Gasteiger partial charge in [-0.3, -0.25) is 0 Å². The van der Waals surface area contributed by atoms with E-state index in [1.54, 1.807) is 0 Å². The molecule has 0 aromatic heterocycles. The minimum absolute atomic E-state index is 1.07. The average molecular weight is 750 g/mol. The monoisotopic (exact) mass is 749 g/mol. The van der Waals surface area contributed by atoms with Crippen molar-refractivity contribution in [1.82, 2.24) is 0 Å². The molecule has 1 nitrogen and oxygen atoms in total. The topological polar surface area (TPSA) is 3.24 Å². The molecule has 0 spiro atoms. The first-order valence-electron chi connectivity index (χ1n) is 20.7. The lowest BCUT2D eigenvalue weighted by atomic mass is 9.87. The molecule has 0 unspecified atom stereocenters. The second kappa shape index (κ2) is 13.6. The highest BCUT2D eigenvalue weighted by atomic mass is 15.1. The van der Waals surface area contributed by atoms with Crippen molar-refractivity contribution < 1.29 is 0 Å². The number of hydrogen-bond acceptors (Lipinski definition) is 1. The molecule has 0 aliphatic heterocycles. The molecular formula is C58H39N. The maximum atomic E-state index is 2.43. The van der Waals surface area contributed by atoms with Gasteiger partial charge in [-0.2, -0.15) is 0 Å². The van der Waals surface area contributed by atoms with Gasteiger partial charge in [-0.15, -0.1) is 0 Å². The highest BCUT2D eigenvalue weighted by Gasteiger charge is 2.18. The Morgan fingerprint density at radius 2 is 0.797 bits per heavy atom. The SMILES string of the molecule is C1=Cc2ccc(N(c3ccc4ccccc4c3)c3ccc4cc(-c5cc6cc(-c7ccc8ccccc8c7)c7ccccc7c6c6ccccc56)ccc4c3)cc2CC1. The molecule has 59 heavy (non-hydrogen) atoms. The molecule has 0 saturated heterocycles. The molecule has 1 aliphatic carbocycles. The Kier molecular flexibility index (Phi) is 7.74. The Hall–Kier alpha value is -7.48. The predicted octanol–water partition coefficient (Wildman–Crippen LogP) is 16.4. The van der Waals surface area contributed by atoms with Crippen LogP contribution in [0.4, 0.5) is 17.1 Å². The third-order valence-corrected chi connectivity index (χ3v) is 12.6. The number of allylic oxidation sites excluding steroid dienone is 1. The van der Waals surface area contributed by atoms with Gasteiger partial charge in [0.2, 0.25) is 0 Å². The summed E-state index contributed by atoms with van der Waals surface area (Å²) in [6.07, 6.45) is 6.70. The van der Waals surface area contributed by atoms with E-state index in [4.69, 9.17) is 0 Å². The Morgan fingerprint density at radius 3 is 1.44 bits per heavy atom. The second-order valence-corrected chi connectivity index (χ2v) is 16.0. The van der Waals surface area contributed by atoms with Crippen molar-refractivity contribution >= 4 is 87.8 Å². The average Bonchev–Trinajstić information content (AvgIpc) is 3.30. The van der Waals surface area contributed by atoms with E-state index in [2.05, 4.69) is 217 Å². The van der Waals surface area contributed by atoms with Gasteiger partial charge < -0.3 is 4.90 Å². The van der Waals surface area contributed by atoms with Gasteiger partial charge in [-0.05, 0) is 172 Å². The summed E-state index contributed by atoms with van der Waals surface area (Å²) >= 11 is 0. The molecule has 12 rings (SSSR count). The number of benzene rings is 11. The minimum atomic E-state index is 1.07. The number of aryl methyl sites for hydroxylation is 1. The first-order valence-corrected chi connectivity index (χ1v) is 20.7. The summed E-state index contributed by atoms with van der Waals surface area (Å²) in [4.78, 5) is 2.42. The molecular weight excluding hydrogens is 711 g/mol. The van der Waals surface area contributed by atoms with Crippen LogP contribution in [-0.2, 0) is 6.42 Å². The van der Waals surface area contributed by atoms with Gasteiger partial charge in [0.15, 0.2) is 0 Å². The normalized spacial score (nSPS) is 12.5. The summed E-state index contributed by atoms with van der Waals surface area (Å²) in [7, 11) is 0. The van der Waals surface area contributed by atoms with Gasteiger partial charge >= 0.3 is 0 Å². The maximum Gasteiger partial charge on any atom is 0.0468 e. The quantitative estimate of drug-likeness (QED) is 0.158. The lowest BCUT2D eigenvalue weighted by molar-refractivity contribution is 0.984. The van der Waals surface area contributed by atoms with E-state index in [0.717, 1.165) is 24.2 Å². The van der Waals surface area contributed by atoms with Crippen LogP contribution in [0, 0.1) is 0 Å². The van der Waals surface area contributed by atoms with Crippen molar-refractivity contribution in [2.45, 2.75) is 12.8 Å². The highest BCUT2D eigenvalue weighted by molar-refractivity contribution is 6.26. The highest BCUT2D eigenvalue weighted by Crippen LogP contribution is 2.44. The molecule has 0 radical (unpaired) electrons. The molecule has 11 aromatic carbocycles. The van der Waals surface area contributed by atoms with Crippen LogP contribution in [0.15, 0.2) is 206 Å². The number of fused-ring (bicyclic) bond motifs is 9. The van der Waals surface area contributed by atoms with E-state index >= 15 is 0 Å². The fourth-order valence-corrected chi connectivity index (χ4v) is 9.68. The summed E-state index contributed by atoms with van der Waals surface area (Å²) in [6, 6.07) is 74.6. The summed E-state index contributed by atoms with van der Waals surface area (Å²) in [5, 5.41) is 15.1. The number of anilines is 3. The zero-order chi connectivity index (χ0) is 38.9. The lowest BCUT2D eigenvalue weighted by Gasteiger charge is -2.27. The van der Waals surface area contributed by atoms with Crippen molar-refractivity contribution in [2.24, 2.45) is 0 Å². The van der Waals surface area contributed by atoms with Crippen molar-refractivity contribution in [3.63, 3.8) is 0 Å². The van der Waals surface area contributed by atoms with Crippen LogP contribution in [0.5, 0.6) is 0 Å². The molecule has 0 heterocycles. The summed E-state index contributed by atoms with van der Waals surface area (Å²) in [5.41, 5.74) is 11.2. The fourth-order valence-electron chi connectivity index (χ4n) is 9.68. The van der Waals surface area contributed by atoms with Crippen molar-refractivity contribution in [2.75, 3.05) is 4.90 Å². The number of rotatable bonds is 5. The molecule has 0 bridgehead atoms. The molecule has 0 N–H and O–H groups in total. The molecule has 1 aliphatic rings. The van der Waals surface area contributed by atoms with Gasteiger partial charge in [0.25, 0.3) is 0 Å². The zero-order valence-corrected chi connectivity index (χ0v) is 32.6. The third-order valence-electron chi connectivity index (χ3n) is 12.6. The van der Waals surface area contributed by atoms with Crippen LogP contribution in [-0.4, -0.2) is 0 Å². The van der Waals surface area contributed by atoms with Gasteiger partial charge in [-0.25, -0.2) is 0 Å². The predicted molar refractivity (Wildman–Crippen MR) is 254 cm³/mol. The first kappa shape index (κ1) is 33.6. The maximum absolute atomic E-state index is 2.43. The van der Waals surface area contributed by atoms with Crippen molar-refractivity contribution in [3.8, 4) is 22.3 Å². The van der Waals surface area contributed by atoms with E-state index in [9.17, 15) is 0 Å². The van der Waals surface area contributed by atoms with Crippen LogP contribution >= 0.6 is 0 Å². The molecule has 0 atom stereocenters. The van der Waals surface area contributed by atoms with E-state index in [1.165, 1.54) is 104 Å². The molecule has 0 amide bonds. The Labute approximate surface area is 343 Å². The van der Waals surface area contributed by atoms with Crippen LogP contribution in [0.2, 0.25) is 0 Å². The van der Waals surface area contributed by atoms with E-state index in [1.807, 2.05) is 0 Å². The van der Waals surface area contributed by atoms with Gasteiger partial charge in [-0.1, -0.05) is 152 Å². The van der Waals surface area contributed by atoms with Gasteiger partial charge in [0.05, 0.1) is 0 Å². The Bertz CT molecular complexity index is 3520. The van der Waals surface area contributed by atoms with Crippen LogP contribution in [0.3, 0.4) is 0 Å². The van der Waals surface area contributed by atoms with Gasteiger partial charge in [0.1, 0.15) is 0 Å². The largest absolute Gasteiger partial charge is 0.310 e. The van der Waals surface area contributed by atoms with E-state index in [0.29, 0.717) is 0 Å². The van der Waals surface area contributed by atoms with Crippen LogP contribution in [0.25, 0.3) is 93.0 Å². The van der Waals surface area contributed by atoms with Crippen molar-refractivity contribution in [3.05, 3.63) is 217 Å². The van der Waals surface area contributed by atoms with E-state index in [-0.39, 0.29) is 0 Å². The lowest BCUT2D eigenvalue weighted by Crippen LogP contribution is -2.11. The summed E-state index contributed by atoms with van der Waals surface area (Å²) in [6.45, 7) is 0. The fraction of sp³-hybridized carbons (Fsp3) is 0.0345. The first-order chi connectivity index (χ1) is 29.2. The minimum Gasteiger partial charge on any atom is -0.310 e. The van der Waals surface area contributed by atoms with E-state index < -0.39 is 0 Å². The Morgan fingerprint density at radius 1 is 0.339 bits per heavy atom. The molecule has 276 valence electrons.